The van der Waals surface area contributed by atoms with Crippen molar-refractivity contribution in [2.24, 2.45) is 0 Å². The van der Waals surface area contributed by atoms with Crippen LogP contribution in [0.15, 0.2) is 122 Å². The van der Waals surface area contributed by atoms with Crippen LogP contribution in [-0.2, 0) is 28.6 Å². The lowest BCUT2D eigenvalue weighted by atomic mass is 10.1. The van der Waals surface area contributed by atoms with Gasteiger partial charge < -0.3 is 14.2 Å². The lowest BCUT2D eigenvalue weighted by Gasteiger charge is -2.18. The summed E-state index contributed by atoms with van der Waals surface area (Å²) in [5.74, 6) is -0.982. The number of carbonyl (C=O) groups excluding carboxylic acids is 3. The molecule has 0 aromatic carbocycles. The van der Waals surface area contributed by atoms with E-state index in [4.69, 9.17) is 14.2 Å². The van der Waals surface area contributed by atoms with Crippen molar-refractivity contribution in [1.29, 1.82) is 0 Å². The molecule has 0 amide bonds. The molecular formula is C58H92O6. The Morgan fingerprint density at radius 3 is 1.19 bits per heavy atom. The van der Waals surface area contributed by atoms with E-state index in [0.29, 0.717) is 19.3 Å². The van der Waals surface area contributed by atoms with Crippen molar-refractivity contribution < 1.29 is 28.6 Å². The van der Waals surface area contributed by atoms with Crippen LogP contribution in [0.3, 0.4) is 0 Å². The molecule has 0 bridgehead atoms. The average Bonchev–Trinajstić information content (AvgIpc) is 3.29. The predicted molar refractivity (Wildman–Crippen MR) is 274 cm³/mol. The molecule has 0 aromatic rings. The second-order valence-corrected chi connectivity index (χ2v) is 16.5. The molecule has 0 aliphatic heterocycles. The first kappa shape index (κ1) is 59.8. The van der Waals surface area contributed by atoms with Crippen molar-refractivity contribution in [2.75, 3.05) is 13.2 Å². The molecule has 1 atom stereocenters. The number of hydrogen-bond acceptors (Lipinski definition) is 6. The Morgan fingerprint density at radius 2 is 0.703 bits per heavy atom. The molecule has 0 aromatic heterocycles. The minimum Gasteiger partial charge on any atom is -0.462 e. The van der Waals surface area contributed by atoms with Crippen molar-refractivity contribution in [3.05, 3.63) is 122 Å². The van der Waals surface area contributed by atoms with Crippen molar-refractivity contribution in [3.8, 4) is 0 Å². The summed E-state index contributed by atoms with van der Waals surface area (Å²) in [4.78, 5) is 38.0. The Labute approximate surface area is 392 Å². The van der Waals surface area contributed by atoms with E-state index in [1.165, 1.54) is 38.5 Å². The quantitative estimate of drug-likeness (QED) is 0.0199. The Kier molecular flexibility index (Phi) is 48.1. The number of allylic oxidation sites excluding steroid dienone is 20. The van der Waals surface area contributed by atoms with Crippen LogP contribution >= 0.6 is 0 Å². The first-order valence-electron chi connectivity index (χ1n) is 25.6. The average molecular weight is 885 g/mol. The summed E-state index contributed by atoms with van der Waals surface area (Å²) in [5, 5.41) is 0. The molecule has 0 N–H and O–H groups in total. The number of unbranched alkanes of at least 4 members (excludes halogenated alkanes) is 17. The van der Waals surface area contributed by atoms with Crippen molar-refractivity contribution in [1.82, 2.24) is 0 Å². The normalized spacial score (nSPS) is 13.1. The molecule has 6 heteroatoms. The largest absolute Gasteiger partial charge is 0.462 e. The van der Waals surface area contributed by atoms with E-state index >= 15 is 0 Å². The molecule has 0 heterocycles. The van der Waals surface area contributed by atoms with Crippen molar-refractivity contribution in [2.45, 2.75) is 213 Å². The summed E-state index contributed by atoms with van der Waals surface area (Å²) in [5.41, 5.74) is 0. The fraction of sp³-hybridized carbons (Fsp3) is 0.603. The number of ether oxygens (including phenoxy) is 3. The summed E-state index contributed by atoms with van der Waals surface area (Å²) < 4.78 is 16.7. The molecule has 0 saturated carbocycles. The van der Waals surface area contributed by atoms with Gasteiger partial charge in [-0.2, -0.15) is 0 Å². The van der Waals surface area contributed by atoms with Crippen LogP contribution in [0.2, 0.25) is 0 Å². The molecule has 0 spiro atoms. The first-order valence-corrected chi connectivity index (χ1v) is 25.6. The summed E-state index contributed by atoms with van der Waals surface area (Å²) in [6.07, 6.45) is 70.3. The topological polar surface area (TPSA) is 78.9 Å². The van der Waals surface area contributed by atoms with Gasteiger partial charge in [-0.15, -0.1) is 0 Å². The van der Waals surface area contributed by atoms with E-state index in [1.807, 2.05) is 36.5 Å². The van der Waals surface area contributed by atoms with Gasteiger partial charge in [0.25, 0.3) is 0 Å². The molecule has 1 unspecified atom stereocenters. The Bertz CT molecular complexity index is 1390. The van der Waals surface area contributed by atoms with Crippen LogP contribution in [0.4, 0.5) is 0 Å². The van der Waals surface area contributed by atoms with Crippen LogP contribution < -0.4 is 0 Å². The highest BCUT2D eigenvalue weighted by atomic mass is 16.6. The molecule has 0 saturated heterocycles. The van der Waals surface area contributed by atoms with Crippen LogP contribution in [0.1, 0.15) is 207 Å². The highest BCUT2D eigenvalue weighted by Crippen LogP contribution is 2.12. The van der Waals surface area contributed by atoms with E-state index < -0.39 is 6.10 Å². The fourth-order valence-corrected chi connectivity index (χ4v) is 6.46. The fourth-order valence-electron chi connectivity index (χ4n) is 6.46. The smallest absolute Gasteiger partial charge is 0.306 e. The lowest BCUT2D eigenvalue weighted by molar-refractivity contribution is -0.167. The standard InChI is InChI=1S/C58H92O6/c1-4-7-10-13-16-19-22-25-27-29-30-32-33-36-39-42-45-48-51-57(60)63-54-55(53-62-56(59)50-47-44-41-38-35-24-21-18-15-12-9-6-3)64-58(61)52-49-46-43-40-37-34-31-28-26-23-20-17-14-11-8-5-2/h8,10-11,13,16-22,25-30,32,34,37,55H,4-7,9,12,14-15,23-24,31,33,35-36,38-54H2,1-3H3/b11-8-,13-10-,19-16-,20-17-,21-18-,25-22-,28-26-,29-27-,32-30-,37-34-. The van der Waals surface area contributed by atoms with E-state index in [0.717, 1.165) is 122 Å². The molecular weight excluding hydrogens is 793 g/mol. The molecule has 6 nitrogen and oxygen atoms in total. The van der Waals surface area contributed by atoms with Gasteiger partial charge in [0.05, 0.1) is 0 Å². The Balaban J connectivity index is 4.53. The Hall–Kier alpha value is -4.19. The zero-order chi connectivity index (χ0) is 46.5. The highest BCUT2D eigenvalue weighted by molar-refractivity contribution is 5.71. The number of hydrogen-bond donors (Lipinski definition) is 0. The minimum absolute atomic E-state index is 0.108. The van der Waals surface area contributed by atoms with Gasteiger partial charge in [0, 0.05) is 19.3 Å². The lowest BCUT2D eigenvalue weighted by Crippen LogP contribution is -2.30. The van der Waals surface area contributed by atoms with Gasteiger partial charge in [0.15, 0.2) is 6.10 Å². The van der Waals surface area contributed by atoms with Crippen LogP contribution in [-0.4, -0.2) is 37.2 Å². The molecule has 0 aliphatic carbocycles. The predicted octanol–water partition coefficient (Wildman–Crippen LogP) is 16.9. The zero-order valence-electron chi connectivity index (χ0n) is 41.0. The third kappa shape index (κ3) is 48.8. The summed E-state index contributed by atoms with van der Waals surface area (Å²) in [6, 6.07) is 0. The first-order chi connectivity index (χ1) is 31.5. The minimum atomic E-state index is -0.812. The summed E-state index contributed by atoms with van der Waals surface area (Å²) >= 11 is 0. The molecule has 0 aliphatic rings. The SMILES string of the molecule is CC/C=C\C/C=C\C/C=C\C/C=C\CCCCCC(=O)OC(COC(=O)CCCCCCC\C=C/C=C\C=C/C=C\C=C/CCC)COC(=O)CCCCCCC/C=C\CCCCC. The van der Waals surface area contributed by atoms with Gasteiger partial charge in [0.1, 0.15) is 13.2 Å². The van der Waals surface area contributed by atoms with Gasteiger partial charge >= 0.3 is 17.9 Å². The molecule has 360 valence electrons. The second-order valence-electron chi connectivity index (χ2n) is 16.5. The van der Waals surface area contributed by atoms with Gasteiger partial charge in [-0.25, -0.2) is 0 Å². The molecule has 0 radical (unpaired) electrons. The van der Waals surface area contributed by atoms with Gasteiger partial charge in [-0.3, -0.25) is 14.4 Å². The third-order valence-electron chi connectivity index (χ3n) is 10.3. The molecule has 0 rings (SSSR count). The Morgan fingerprint density at radius 1 is 0.344 bits per heavy atom. The number of carbonyl (C=O) groups is 3. The number of rotatable bonds is 44. The van der Waals surface area contributed by atoms with Gasteiger partial charge in [-0.1, -0.05) is 206 Å². The summed E-state index contributed by atoms with van der Waals surface area (Å²) in [6.45, 7) is 6.33. The second kappa shape index (κ2) is 51.4. The van der Waals surface area contributed by atoms with E-state index in [-0.39, 0.29) is 37.5 Å². The zero-order valence-corrected chi connectivity index (χ0v) is 41.0. The van der Waals surface area contributed by atoms with Gasteiger partial charge in [-0.05, 0) is 103 Å². The maximum Gasteiger partial charge on any atom is 0.306 e. The van der Waals surface area contributed by atoms with Crippen LogP contribution in [0.5, 0.6) is 0 Å². The number of esters is 3. The van der Waals surface area contributed by atoms with Crippen molar-refractivity contribution in [3.63, 3.8) is 0 Å². The van der Waals surface area contributed by atoms with E-state index in [9.17, 15) is 14.4 Å². The highest BCUT2D eigenvalue weighted by Gasteiger charge is 2.19. The van der Waals surface area contributed by atoms with E-state index in [2.05, 4.69) is 106 Å². The van der Waals surface area contributed by atoms with Crippen molar-refractivity contribution >= 4 is 17.9 Å². The molecule has 64 heavy (non-hydrogen) atoms. The summed E-state index contributed by atoms with van der Waals surface area (Å²) in [7, 11) is 0. The third-order valence-corrected chi connectivity index (χ3v) is 10.3. The van der Waals surface area contributed by atoms with Gasteiger partial charge in [0.2, 0.25) is 0 Å². The molecule has 0 fully saturated rings. The van der Waals surface area contributed by atoms with Crippen LogP contribution in [0, 0.1) is 0 Å². The van der Waals surface area contributed by atoms with Crippen LogP contribution in [0.25, 0.3) is 0 Å². The maximum atomic E-state index is 12.8. The monoisotopic (exact) mass is 885 g/mol. The maximum absolute atomic E-state index is 12.8. The van der Waals surface area contributed by atoms with E-state index in [1.54, 1.807) is 0 Å².